The molecule has 0 heterocycles. The molecule has 0 spiro atoms. The number of hydrogen-bond acceptors (Lipinski definition) is 3. The van der Waals surface area contributed by atoms with E-state index in [0.29, 0.717) is 12.8 Å². The minimum Gasteiger partial charge on any atom is -0.760 e. The zero-order valence-electron chi connectivity index (χ0n) is 6.07. The molecule has 0 saturated heterocycles. The monoisotopic (exact) mass is 180 g/mol. The Balaban J connectivity index is 3.89. The lowest BCUT2D eigenvalue weighted by Gasteiger charge is -2.14. The summed E-state index contributed by atoms with van der Waals surface area (Å²) in [5, 5.41) is 8.42. The Kier molecular flexibility index (Phi) is 5.01. The van der Waals surface area contributed by atoms with Crippen molar-refractivity contribution >= 4 is 17.2 Å². The summed E-state index contributed by atoms with van der Waals surface area (Å²) in [5.41, 5.74) is 0. The molecule has 11 heavy (non-hydrogen) atoms. The average molecular weight is 180 g/mol. The summed E-state index contributed by atoms with van der Waals surface area (Å²) in [6, 6.07) is -0.988. The van der Waals surface area contributed by atoms with Crippen LogP contribution in [0.5, 0.6) is 0 Å². The number of carbonyl (C=O) groups is 1. The Bertz CT molecular complexity index is 161. The van der Waals surface area contributed by atoms with E-state index in [9.17, 15) is 13.6 Å². The van der Waals surface area contributed by atoms with Gasteiger partial charge in [0.2, 0.25) is 0 Å². The van der Waals surface area contributed by atoms with Crippen molar-refractivity contribution in [1.29, 1.82) is 0 Å². The number of rotatable bonds is 5. The molecule has 0 saturated carbocycles. The Morgan fingerprint density at radius 2 is 2.36 bits per heavy atom. The lowest BCUT2D eigenvalue weighted by Crippen LogP contribution is -2.37. The highest BCUT2D eigenvalue weighted by Gasteiger charge is 2.14. The SMILES string of the molecule is CCC[C@H](NS(=O)[O-])C(=O)O. The normalized spacial score (nSPS) is 15.8. The molecule has 66 valence electrons. The average Bonchev–Trinajstić information content (AvgIpc) is 1.86. The van der Waals surface area contributed by atoms with Crippen molar-refractivity contribution in [1.82, 2.24) is 4.72 Å². The molecule has 2 atom stereocenters. The van der Waals surface area contributed by atoms with E-state index in [4.69, 9.17) is 5.11 Å². The minimum atomic E-state index is -2.50. The van der Waals surface area contributed by atoms with Gasteiger partial charge in [-0.15, -0.1) is 0 Å². The quantitative estimate of drug-likeness (QED) is 0.564. The number of hydrogen-bond donors (Lipinski definition) is 2. The van der Waals surface area contributed by atoms with Crippen molar-refractivity contribution in [2.24, 2.45) is 0 Å². The number of carboxylic acid groups (broad SMARTS) is 1. The van der Waals surface area contributed by atoms with Crippen LogP contribution in [0.3, 0.4) is 0 Å². The summed E-state index contributed by atoms with van der Waals surface area (Å²) in [5.74, 6) is -1.14. The molecular formula is C5H10NO4S-. The second-order valence-electron chi connectivity index (χ2n) is 2.03. The molecule has 0 aromatic carbocycles. The second-order valence-corrected chi connectivity index (χ2v) is 2.74. The van der Waals surface area contributed by atoms with Gasteiger partial charge in [-0.3, -0.25) is 9.00 Å². The lowest BCUT2D eigenvalue weighted by atomic mass is 10.2. The van der Waals surface area contributed by atoms with Gasteiger partial charge in [-0.05, 0) is 6.42 Å². The van der Waals surface area contributed by atoms with Gasteiger partial charge in [-0.25, -0.2) is 4.72 Å². The first-order valence-electron chi connectivity index (χ1n) is 3.16. The van der Waals surface area contributed by atoms with Crippen molar-refractivity contribution < 1.29 is 18.7 Å². The van der Waals surface area contributed by atoms with E-state index in [1.807, 2.05) is 4.72 Å². The Morgan fingerprint density at radius 1 is 1.82 bits per heavy atom. The summed E-state index contributed by atoms with van der Waals surface area (Å²) in [7, 11) is 0. The molecule has 2 N–H and O–H groups in total. The molecule has 5 nitrogen and oxygen atoms in total. The molecule has 0 bridgehead atoms. The molecule has 0 aliphatic heterocycles. The molecule has 0 rings (SSSR count). The third-order valence-corrected chi connectivity index (χ3v) is 1.59. The van der Waals surface area contributed by atoms with Crippen LogP contribution in [0.2, 0.25) is 0 Å². The maximum atomic E-state index is 10.3. The van der Waals surface area contributed by atoms with Crippen LogP contribution >= 0.6 is 0 Å². The number of nitrogens with one attached hydrogen (secondary N) is 1. The zero-order chi connectivity index (χ0) is 8.85. The highest BCUT2D eigenvalue weighted by Crippen LogP contribution is 1.96. The predicted molar refractivity (Wildman–Crippen MR) is 38.4 cm³/mol. The molecular weight excluding hydrogens is 170 g/mol. The van der Waals surface area contributed by atoms with Gasteiger partial charge < -0.3 is 9.66 Å². The summed E-state index contributed by atoms with van der Waals surface area (Å²) in [6.07, 6.45) is 0.935. The Morgan fingerprint density at radius 3 is 2.64 bits per heavy atom. The van der Waals surface area contributed by atoms with E-state index in [0.717, 1.165) is 0 Å². The van der Waals surface area contributed by atoms with E-state index in [1.165, 1.54) is 0 Å². The first-order valence-corrected chi connectivity index (χ1v) is 4.23. The summed E-state index contributed by atoms with van der Waals surface area (Å²) in [4.78, 5) is 10.3. The van der Waals surface area contributed by atoms with Crippen LogP contribution in [0.4, 0.5) is 0 Å². The molecule has 1 unspecified atom stereocenters. The number of aliphatic carboxylic acids is 1. The van der Waals surface area contributed by atoms with Crippen LogP contribution < -0.4 is 4.72 Å². The molecule has 0 amide bonds. The zero-order valence-corrected chi connectivity index (χ0v) is 6.89. The summed E-state index contributed by atoms with van der Waals surface area (Å²) in [6.45, 7) is 1.78. The van der Waals surface area contributed by atoms with E-state index in [1.54, 1.807) is 6.92 Å². The Labute approximate surface area is 67.2 Å². The van der Waals surface area contributed by atoms with Crippen LogP contribution in [-0.4, -0.2) is 25.9 Å². The minimum absolute atomic E-state index is 0.309. The topological polar surface area (TPSA) is 89.5 Å². The maximum absolute atomic E-state index is 10.3. The summed E-state index contributed by atoms with van der Waals surface area (Å²) >= 11 is -2.50. The molecule has 0 aliphatic rings. The van der Waals surface area contributed by atoms with Gasteiger partial charge >= 0.3 is 5.97 Å². The van der Waals surface area contributed by atoms with Crippen molar-refractivity contribution in [3.63, 3.8) is 0 Å². The van der Waals surface area contributed by atoms with Crippen LogP contribution in [0.15, 0.2) is 0 Å². The van der Waals surface area contributed by atoms with Crippen LogP contribution in [0.25, 0.3) is 0 Å². The fraction of sp³-hybridized carbons (Fsp3) is 0.800. The van der Waals surface area contributed by atoms with Crippen molar-refractivity contribution in [3.05, 3.63) is 0 Å². The molecule has 0 aliphatic carbocycles. The van der Waals surface area contributed by atoms with Crippen LogP contribution in [0.1, 0.15) is 19.8 Å². The van der Waals surface area contributed by atoms with Crippen LogP contribution in [0, 0.1) is 0 Å². The van der Waals surface area contributed by atoms with Crippen molar-refractivity contribution in [2.75, 3.05) is 0 Å². The lowest BCUT2D eigenvalue weighted by molar-refractivity contribution is -0.139. The predicted octanol–water partition coefficient (Wildman–Crippen LogP) is -0.377. The standard InChI is InChI=1S/C5H11NO4S/c1-2-3-4(5(7)8)6-11(9)10/h4,6H,2-3H2,1H3,(H,7,8)(H,9,10)/p-1/t4-/m0/s1. The molecule has 0 fully saturated rings. The van der Waals surface area contributed by atoms with Crippen molar-refractivity contribution in [2.45, 2.75) is 25.8 Å². The van der Waals surface area contributed by atoms with Gasteiger partial charge in [-0.2, -0.15) is 0 Å². The fourth-order valence-corrected chi connectivity index (χ4v) is 1.09. The van der Waals surface area contributed by atoms with E-state index in [-0.39, 0.29) is 0 Å². The summed E-state index contributed by atoms with van der Waals surface area (Å²) < 4.78 is 21.9. The molecule has 0 aromatic heterocycles. The van der Waals surface area contributed by atoms with Gasteiger partial charge in [0, 0.05) is 11.3 Å². The first kappa shape index (κ1) is 10.5. The largest absolute Gasteiger partial charge is 0.760 e. The van der Waals surface area contributed by atoms with Gasteiger partial charge in [0.25, 0.3) is 0 Å². The van der Waals surface area contributed by atoms with E-state index < -0.39 is 23.3 Å². The van der Waals surface area contributed by atoms with Gasteiger partial charge in [0.05, 0.1) is 0 Å². The van der Waals surface area contributed by atoms with Gasteiger partial charge in [0.1, 0.15) is 6.04 Å². The smallest absolute Gasteiger partial charge is 0.321 e. The van der Waals surface area contributed by atoms with Gasteiger partial charge in [-0.1, -0.05) is 13.3 Å². The Hall–Kier alpha value is -0.460. The highest BCUT2D eigenvalue weighted by molar-refractivity contribution is 7.77. The molecule has 0 radical (unpaired) electrons. The number of carboxylic acids is 1. The fourth-order valence-electron chi connectivity index (χ4n) is 0.638. The van der Waals surface area contributed by atoms with Gasteiger partial charge in [0.15, 0.2) is 0 Å². The maximum Gasteiger partial charge on any atom is 0.321 e. The second kappa shape index (κ2) is 5.22. The van der Waals surface area contributed by atoms with E-state index in [2.05, 4.69) is 0 Å². The third kappa shape index (κ3) is 4.88. The van der Waals surface area contributed by atoms with Crippen molar-refractivity contribution in [3.8, 4) is 0 Å². The van der Waals surface area contributed by atoms with E-state index >= 15 is 0 Å². The third-order valence-electron chi connectivity index (χ3n) is 1.11. The molecule has 0 aromatic rings. The molecule has 6 heteroatoms. The van der Waals surface area contributed by atoms with Crippen LogP contribution in [-0.2, 0) is 16.1 Å². The highest BCUT2D eigenvalue weighted by atomic mass is 32.2. The first-order chi connectivity index (χ1) is 5.07.